The number of ether oxygens (including phenoxy) is 1. The molecule has 0 fully saturated rings. The SMILES string of the molecule is C=C(CCCCCCC)OC(=O)C(=C)C. The van der Waals surface area contributed by atoms with Gasteiger partial charge in [0.05, 0.1) is 0 Å². The van der Waals surface area contributed by atoms with E-state index in [1.165, 1.54) is 25.7 Å². The molecule has 0 aromatic heterocycles. The van der Waals surface area contributed by atoms with E-state index in [0.29, 0.717) is 11.3 Å². The van der Waals surface area contributed by atoms with Crippen molar-refractivity contribution < 1.29 is 9.53 Å². The number of hydrogen-bond acceptors (Lipinski definition) is 2. The third-order valence-corrected chi connectivity index (χ3v) is 2.14. The molecule has 0 aliphatic rings. The summed E-state index contributed by atoms with van der Waals surface area (Å²) in [6.45, 7) is 11.0. The summed E-state index contributed by atoms with van der Waals surface area (Å²) in [5.74, 6) is 0.188. The first-order valence-electron chi connectivity index (χ1n) is 5.63. The smallest absolute Gasteiger partial charge is 0.338 e. The van der Waals surface area contributed by atoms with Crippen molar-refractivity contribution in [1.29, 1.82) is 0 Å². The zero-order chi connectivity index (χ0) is 11.7. The molecule has 86 valence electrons. The van der Waals surface area contributed by atoms with Crippen molar-refractivity contribution in [3.05, 3.63) is 24.5 Å². The summed E-state index contributed by atoms with van der Waals surface area (Å²) in [7, 11) is 0. The maximum atomic E-state index is 11.1. The molecule has 0 saturated heterocycles. The average Bonchev–Trinajstić information content (AvgIpc) is 2.17. The fourth-order valence-electron chi connectivity index (χ4n) is 1.19. The first kappa shape index (κ1) is 13.9. The van der Waals surface area contributed by atoms with Crippen LogP contribution in [-0.4, -0.2) is 5.97 Å². The van der Waals surface area contributed by atoms with Gasteiger partial charge < -0.3 is 4.74 Å². The Morgan fingerprint density at radius 3 is 2.27 bits per heavy atom. The summed E-state index contributed by atoms with van der Waals surface area (Å²) in [5, 5.41) is 0. The first-order valence-corrected chi connectivity index (χ1v) is 5.63. The van der Waals surface area contributed by atoms with E-state index in [9.17, 15) is 4.79 Å². The molecule has 0 aromatic rings. The summed E-state index contributed by atoms with van der Waals surface area (Å²) >= 11 is 0. The number of unbranched alkanes of at least 4 members (excludes halogenated alkanes) is 4. The second-order valence-corrected chi connectivity index (χ2v) is 3.87. The largest absolute Gasteiger partial charge is 0.428 e. The first-order chi connectivity index (χ1) is 7.07. The van der Waals surface area contributed by atoms with E-state index in [2.05, 4.69) is 20.1 Å². The molecule has 0 atom stereocenters. The maximum absolute atomic E-state index is 11.1. The Balaban J connectivity index is 3.49. The van der Waals surface area contributed by atoms with Crippen molar-refractivity contribution in [2.45, 2.75) is 52.4 Å². The van der Waals surface area contributed by atoms with Gasteiger partial charge in [-0.1, -0.05) is 45.8 Å². The molecule has 0 unspecified atom stereocenters. The summed E-state index contributed by atoms with van der Waals surface area (Å²) in [4.78, 5) is 11.1. The van der Waals surface area contributed by atoms with Gasteiger partial charge in [-0.25, -0.2) is 4.79 Å². The topological polar surface area (TPSA) is 26.3 Å². The van der Waals surface area contributed by atoms with E-state index in [-0.39, 0.29) is 5.97 Å². The van der Waals surface area contributed by atoms with Gasteiger partial charge in [0.2, 0.25) is 0 Å². The molecule has 2 heteroatoms. The van der Waals surface area contributed by atoms with Gasteiger partial charge in [-0.3, -0.25) is 0 Å². The Kier molecular flexibility index (Phi) is 7.69. The minimum absolute atomic E-state index is 0.367. The fraction of sp³-hybridized carbons (Fsp3) is 0.615. The standard InChI is InChI=1S/C13H22O2/c1-5-6-7-8-9-10-12(4)15-13(14)11(2)3/h2,4-10H2,1,3H3. The van der Waals surface area contributed by atoms with Gasteiger partial charge in [0.15, 0.2) is 0 Å². The molecule has 0 saturated carbocycles. The number of allylic oxidation sites excluding steroid dienone is 1. The van der Waals surface area contributed by atoms with Crippen LogP contribution in [0.1, 0.15) is 52.4 Å². The van der Waals surface area contributed by atoms with Crippen LogP contribution < -0.4 is 0 Å². The van der Waals surface area contributed by atoms with Crippen molar-refractivity contribution in [3.63, 3.8) is 0 Å². The molecule has 2 nitrogen and oxygen atoms in total. The van der Waals surface area contributed by atoms with E-state index < -0.39 is 0 Å². The second-order valence-electron chi connectivity index (χ2n) is 3.87. The molecule has 0 amide bonds. The van der Waals surface area contributed by atoms with Crippen LogP contribution in [0.5, 0.6) is 0 Å². The lowest BCUT2D eigenvalue weighted by molar-refractivity contribution is -0.135. The maximum Gasteiger partial charge on any atom is 0.338 e. The normalized spacial score (nSPS) is 9.73. The predicted octanol–water partition coefficient (Wildman–Crippen LogP) is 3.98. The van der Waals surface area contributed by atoms with Crippen molar-refractivity contribution in [2.75, 3.05) is 0 Å². The molecule has 0 aromatic carbocycles. The molecule has 15 heavy (non-hydrogen) atoms. The Labute approximate surface area is 93.0 Å². The Hall–Kier alpha value is -1.05. The highest BCUT2D eigenvalue weighted by Crippen LogP contribution is 2.11. The summed E-state index contributed by atoms with van der Waals surface area (Å²) in [6, 6.07) is 0. The lowest BCUT2D eigenvalue weighted by Crippen LogP contribution is -2.04. The molecule has 0 heterocycles. The van der Waals surface area contributed by atoms with Crippen molar-refractivity contribution in [2.24, 2.45) is 0 Å². The van der Waals surface area contributed by atoms with Crippen LogP contribution in [0.2, 0.25) is 0 Å². The Bertz CT molecular complexity index is 229. The van der Waals surface area contributed by atoms with Crippen LogP contribution in [0.25, 0.3) is 0 Å². The zero-order valence-corrected chi connectivity index (χ0v) is 9.97. The third-order valence-electron chi connectivity index (χ3n) is 2.14. The van der Waals surface area contributed by atoms with E-state index in [1.807, 2.05) is 0 Å². The Morgan fingerprint density at radius 2 is 1.73 bits per heavy atom. The van der Waals surface area contributed by atoms with E-state index >= 15 is 0 Å². The van der Waals surface area contributed by atoms with E-state index in [1.54, 1.807) is 6.92 Å². The van der Waals surface area contributed by atoms with Crippen LogP contribution in [0.4, 0.5) is 0 Å². The van der Waals surface area contributed by atoms with Crippen LogP contribution in [0, 0.1) is 0 Å². The minimum atomic E-state index is -0.367. The van der Waals surface area contributed by atoms with Crippen LogP contribution in [0.3, 0.4) is 0 Å². The fourth-order valence-corrected chi connectivity index (χ4v) is 1.19. The molecule has 0 aliphatic carbocycles. The van der Waals surface area contributed by atoms with Gasteiger partial charge >= 0.3 is 5.97 Å². The number of carbonyl (C=O) groups is 1. The highest BCUT2D eigenvalue weighted by atomic mass is 16.5. The predicted molar refractivity (Wildman–Crippen MR) is 63.4 cm³/mol. The molecule has 0 radical (unpaired) electrons. The lowest BCUT2D eigenvalue weighted by atomic mass is 10.1. The molecular weight excluding hydrogens is 188 g/mol. The number of rotatable bonds is 8. The summed E-state index contributed by atoms with van der Waals surface area (Å²) in [6.07, 6.45) is 6.75. The van der Waals surface area contributed by atoms with Crippen molar-refractivity contribution in [1.82, 2.24) is 0 Å². The second kappa shape index (κ2) is 8.27. The molecule has 0 spiro atoms. The van der Waals surface area contributed by atoms with Gasteiger partial charge in [0.25, 0.3) is 0 Å². The minimum Gasteiger partial charge on any atom is -0.428 e. The Morgan fingerprint density at radius 1 is 1.13 bits per heavy atom. The van der Waals surface area contributed by atoms with E-state index in [4.69, 9.17) is 4.74 Å². The molecule has 0 aliphatic heterocycles. The van der Waals surface area contributed by atoms with Gasteiger partial charge in [-0.2, -0.15) is 0 Å². The van der Waals surface area contributed by atoms with Crippen molar-refractivity contribution >= 4 is 5.97 Å². The highest BCUT2D eigenvalue weighted by molar-refractivity contribution is 5.87. The monoisotopic (exact) mass is 210 g/mol. The van der Waals surface area contributed by atoms with Gasteiger partial charge in [0.1, 0.15) is 5.76 Å². The van der Waals surface area contributed by atoms with Gasteiger partial charge in [0, 0.05) is 12.0 Å². The van der Waals surface area contributed by atoms with Crippen molar-refractivity contribution in [3.8, 4) is 0 Å². The lowest BCUT2D eigenvalue weighted by Gasteiger charge is -2.06. The third kappa shape index (κ3) is 7.98. The molecular formula is C13H22O2. The van der Waals surface area contributed by atoms with Crippen LogP contribution in [-0.2, 0) is 9.53 Å². The van der Waals surface area contributed by atoms with E-state index in [0.717, 1.165) is 12.8 Å². The quantitative estimate of drug-likeness (QED) is 0.262. The number of esters is 1. The highest BCUT2D eigenvalue weighted by Gasteiger charge is 2.05. The number of carbonyl (C=O) groups excluding carboxylic acids is 1. The molecule has 0 rings (SSSR count). The van der Waals surface area contributed by atoms with Crippen LogP contribution >= 0.6 is 0 Å². The molecule has 0 bridgehead atoms. The summed E-state index contributed by atoms with van der Waals surface area (Å²) in [5.41, 5.74) is 0.419. The average molecular weight is 210 g/mol. The van der Waals surface area contributed by atoms with Gasteiger partial charge in [-0.15, -0.1) is 0 Å². The number of hydrogen-bond donors (Lipinski definition) is 0. The summed E-state index contributed by atoms with van der Waals surface area (Å²) < 4.78 is 4.99. The van der Waals surface area contributed by atoms with Crippen LogP contribution in [0.15, 0.2) is 24.5 Å². The zero-order valence-electron chi connectivity index (χ0n) is 9.97. The van der Waals surface area contributed by atoms with Gasteiger partial charge in [-0.05, 0) is 13.3 Å². The molecule has 0 N–H and O–H groups in total.